The van der Waals surface area contributed by atoms with E-state index in [-0.39, 0.29) is 35.4 Å². The molecule has 0 aliphatic carbocycles. The Morgan fingerprint density at radius 3 is 2.31 bits per heavy atom. The van der Waals surface area contributed by atoms with Gasteiger partial charge in [-0.05, 0) is 95.4 Å². The summed E-state index contributed by atoms with van der Waals surface area (Å²) in [5.41, 5.74) is 0.896. The second-order valence-corrected chi connectivity index (χ2v) is 22.2. The molecular formula is C43H63NO10Si. The van der Waals surface area contributed by atoms with Crippen molar-refractivity contribution in [2.24, 2.45) is 5.92 Å². The Bertz CT molecular complexity index is 1690. The normalized spacial score (nSPS) is 24.5. The summed E-state index contributed by atoms with van der Waals surface area (Å²) in [5, 5.41) is 11.5. The van der Waals surface area contributed by atoms with Crippen molar-refractivity contribution < 1.29 is 47.5 Å². The number of hydrogen-bond acceptors (Lipinski definition) is 10. The molecule has 0 spiro atoms. The van der Waals surface area contributed by atoms with E-state index in [1.165, 1.54) is 11.0 Å². The molecule has 2 aliphatic rings. The van der Waals surface area contributed by atoms with Crippen molar-refractivity contribution in [3.05, 3.63) is 71.3 Å². The van der Waals surface area contributed by atoms with Crippen molar-refractivity contribution in [2.45, 2.75) is 136 Å². The van der Waals surface area contributed by atoms with Crippen molar-refractivity contribution in [1.29, 1.82) is 0 Å². The number of esters is 1. The predicted octanol–water partition coefficient (Wildman–Crippen LogP) is 9.42. The van der Waals surface area contributed by atoms with Crippen LogP contribution in [-0.4, -0.2) is 81.6 Å². The number of phenolic OH excluding ortho intramolecular Hbond substituents is 1. The van der Waals surface area contributed by atoms with Crippen LogP contribution >= 0.6 is 0 Å². The van der Waals surface area contributed by atoms with Gasteiger partial charge < -0.3 is 38.0 Å². The highest BCUT2D eigenvalue weighted by Gasteiger charge is 2.45. The predicted molar refractivity (Wildman–Crippen MR) is 217 cm³/mol. The van der Waals surface area contributed by atoms with Crippen LogP contribution in [0.25, 0.3) is 6.08 Å². The lowest BCUT2D eigenvalue weighted by Gasteiger charge is -2.37. The Morgan fingerprint density at radius 1 is 1.02 bits per heavy atom. The summed E-state index contributed by atoms with van der Waals surface area (Å²) in [7, 11) is -0.513. The van der Waals surface area contributed by atoms with Crippen molar-refractivity contribution in [1.82, 2.24) is 0 Å². The number of carbonyl (C=O) groups is 2. The fourth-order valence-corrected chi connectivity index (χ4v) is 7.03. The molecule has 1 amide bonds. The average molecular weight is 782 g/mol. The van der Waals surface area contributed by atoms with Crippen LogP contribution in [-0.2, 0) is 34.7 Å². The molecule has 4 rings (SSSR count). The Morgan fingerprint density at radius 2 is 1.69 bits per heavy atom. The zero-order valence-electron chi connectivity index (χ0n) is 35.1. The Balaban J connectivity index is 1.72. The van der Waals surface area contributed by atoms with Gasteiger partial charge in [0.2, 0.25) is 0 Å². The van der Waals surface area contributed by atoms with Crippen LogP contribution in [0.5, 0.6) is 11.5 Å². The summed E-state index contributed by atoms with van der Waals surface area (Å²) >= 11 is 0. The number of cyclic esters (lactones) is 1. The lowest BCUT2D eigenvalue weighted by Crippen LogP contribution is -2.44. The first-order chi connectivity index (χ1) is 25.5. The van der Waals surface area contributed by atoms with E-state index in [9.17, 15) is 14.7 Å². The first-order valence-electron chi connectivity index (χ1n) is 19.2. The molecule has 2 aromatic carbocycles. The minimum Gasteiger partial charge on any atom is -0.507 e. The van der Waals surface area contributed by atoms with E-state index in [1.807, 2.05) is 63.3 Å². The van der Waals surface area contributed by atoms with E-state index in [1.54, 1.807) is 46.9 Å². The summed E-state index contributed by atoms with van der Waals surface area (Å²) in [6.45, 7) is 24.4. The largest absolute Gasteiger partial charge is 0.507 e. The van der Waals surface area contributed by atoms with Gasteiger partial charge in [0, 0.05) is 12.0 Å². The number of carbonyl (C=O) groups excluding carboxylic acids is 2. The highest BCUT2D eigenvalue weighted by molar-refractivity contribution is 6.74. The van der Waals surface area contributed by atoms with Gasteiger partial charge in [-0.2, -0.15) is 0 Å². The minimum atomic E-state index is -2.14. The van der Waals surface area contributed by atoms with Crippen LogP contribution in [0.3, 0.4) is 0 Å². The SMILES string of the molecule is COc1ccc(CO[C@@H]2/C=C\[C@@H](C)[C@H](C)OC(=O)c3c(O)cc(N(CCO[Si](C)(C)C(C)(C)C)C(=O)OC(C)(C)C)cc3/C=C/C[C@@H]3OC(C)(C)O[C@@H]32)cc1. The number of phenols is 1. The maximum absolute atomic E-state index is 13.8. The fraction of sp³-hybridized carbons (Fsp3) is 0.581. The number of amides is 1. The van der Waals surface area contributed by atoms with Crippen molar-refractivity contribution in [2.75, 3.05) is 25.2 Å². The Labute approximate surface area is 329 Å². The molecule has 0 bridgehead atoms. The topological polar surface area (TPSA) is 122 Å². The number of ether oxygens (including phenoxy) is 6. The zero-order valence-corrected chi connectivity index (χ0v) is 36.1. The lowest BCUT2D eigenvalue weighted by atomic mass is 9.98. The zero-order chi connectivity index (χ0) is 40.9. The number of nitrogens with zero attached hydrogens (tertiary/aromatic N) is 1. The van der Waals surface area contributed by atoms with Crippen molar-refractivity contribution in [3.8, 4) is 11.5 Å². The molecule has 55 heavy (non-hydrogen) atoms. The molecule has 0 unspecified atom stereocenters. The average Bonchev–Trinajstić information content (AvgIpc) is 3.38. The van der Waals surface area contributed by atoms with Crippen LogP contribution in [0.2, 0.25) is 18.1 Å². The fourth-order valence-electron chi connectivity index (χ4n) is 6.00. The monoisotopic (exact) mass is 781 g/mol. The first-order valence-corrected chi connectivity index (χ1v) is 22.1. The summed E-state index contributed by atoms with van der Waals surface area (Å²) in [5.74, 6) is -1.36. The third-order valence-corrected chi connectivity index (χ3v) is 14.8. The van der Waals surface area contributed by atoms with Gasteiger partial charge in [0.25, 0.3) is 0 Å². The first kappa shape index (κ1) is 44.0. The maximum Gasteiger partial charge on any atom is 0.414 e. The van der Waals surface area contributed by atoms with Crippen LogP contribution in [0.1, 0.15) is 97.1 Å². The molecule has 11 nitrogen and oxygen atoms in total. The van der Waals surface area contributed by atoms with Gasteiger partial charge in [-0.25, -0.2) is 9.59 Å². The molecule has 1 saturated heterocycles. The molecule has 2 aliphatic heterocycles. The summed E-state index contributed by atoms with van der Waals surface area (Å²) < 4.78 is 42.9. The molecule has 0 aromatic heterocycles. The van der Waals surface area contributed by atoms with Gasteiger partial charge in [0.05, 0.1) is 38.7 Å². The molecular weight excluding hydrogens is 719 g/mol. The number of aromatic hydroxyl groups is 1. The van der Waals surface area contributed by atoms with E-state index in [0.717, 1.165) is 11.3 Å². The maximum atomic E-state index is 13.8. The van der Waals surface area contributed by atoms with E-state index >= 15 is 0 Å². The second-order valence-electron chi connectivity index (χ2n) is 17.4. The second kappa shape index (κ2) is 17.6. The molecule has 304 valence electrons. The summed E-state index contributed by atoms with van der Waals surface area (Å²) in [6.07, 6.45) is 5.38. The lowest BCUT2D eigenvalue weighted by molar-refractivity contribution is -0.156. The molecule has 5 atom stereocenters. The van der Waals surface area contributed by atoms with Crippen molar-refractivity contribution in [3.63, 3.8) is 0 Å². The third-order valence-electron chi connectivity index (χ3n) is 10.3. The van der Waals surface area contributed by atoms with Gasteiger partial charge in [0.1, 0.15) is 41.0 Å². The van der Waals surface area contributed by atoms with E-state index < -0.39 is 56.2 Å². The molecule has 2 aromatic rings. The van der Waals surface area contributed by atoms with Crippen LogP contribution in [0.15, 0.2) is 54.6 Å². The number of benzene rings is 2. The number of anilines is 1. The van der Waals surface area contributed by atoms with Gasteiger partial charge in [-0.1, -0.05) is 64.1 Å². The van der Waals surface area contributed by atoms with E-state index in [0.29, 0.717) is 24.3 Å². The number of fused-ring (bicyclic) bond motifs is 2. The Kier molecular flexibility index (Phi) is 14.1. The van der Waals surface area contributed by atoms with Crippen LogP contribution in [0, 0.1) is 5.92 Å². The molecule has 0 radical (unpaired) electrons. The molecule has 12 heteroatoms. The van der Waals surface area contributed by atoms with Gasteiger partial charge >= 0.3 is 12.1 Å². The molecule has 1 fully saturated rings. The van der Waals surface area contributed by atoms with E-state index in [2.05, 4.69) is 33.9 Å². The Hall–Kier alpha value is -3.68. The van der Waals surface area contributed by atoms with Crippen LogP contribution in [0.4, 0.5) is 10.5 Å². The standard InChI is InChI=1S/C43H63NO10Si/c1-28-17-22-35(49-27-30-18-20-33(48-11)21-19-30)38-36(52-43(9,10)53-38)16-14-15-31-25-32(26-34(45)37(31)39(46)51-29(28)2)44(40(47)54-41(3,4)5)23-24-50-55(12,13)42(6,7)8/h14-15,17-22,25-26,28-29,35-36,38,45H,16,23-24,27H2,1-13H3/b15-14+,22-17-/t28-,29+,35-,36+,38-/m1/s1. The van der Waals surface area contributed by atoms with Gasteiger partial charge in [0.15, 0.2) is 14.1 Å². The number of methoxy groups -OCH3 is 1. The highest BCUT2D eigenvalue weighted by Crippen LogP contribution is 2.38. The van der Waals surface area contributed by atoms with Gasteiger partial charge in [-0.15, -0.1) is 0 Å². The molecule has 1 N–H and O–H groups in total. The van der Waals surface area contributed by atoms with Crippen molar-refractivity contribution >= 4 is 32.1 Å². The summed E-state index contributed by atoms with van der Waals surface area (Å²) in [4.78, 5) is 29.0. The summed E-state index contributed by atoms with van der Waals surface area (Å²) in [6, 6.07) is 10.8. The smallest absolute Gasteiger partial charge is 0.414 e. The number of hydrogen-bond donors (Lipinski definition) is 1. The number of rotatable bonds is 9. The molecule has 2 heterocycles. The highest BCUT2D eigenvalue weighted by atomic mass is 28.4. The van der Waals surface area contributed by atoms with Gasteiger partial charge in [-0.3, -0.25) is 4.90 Å². The van der Waals surface area contributed by atoms with E-state index in [4.69, 9.17) is 32.8 Å². The van der Waals surface area contributed by atoms with Crippen LogP contribution < -0.4 is 9.64 Å². The third kappa shape index (κ3) is 11.9. The molecule has 0 saturated carbocycles. The quantitative estimate of drug-likeness (QED) is 0.150. The minimum absolute atomic E-state index is 0.0112.